The van der Waals surface area contributed by atoms with Crippen LogP contribution in [0.1, 0.15) is 19.5 Å². The van der Waals surface area contributed by atoms with Crippen molar-refractivity contribution in [3.05, 3.63) is 11.8 Å². The van der Waals surface area contributed by atoms with Gasteiger partial charge in [-0.25, -0.2) is 4.98 Å². The van der Waals surface area contributed by atoms with Gasteiger partial charge in [-0.3, -0.25) is 4.79 Å². The molecule has 1 amide bonds. The van der Waals surface area contributed by atoms with Crippen LogP contribution in [0.2, 0.25) is 0 Å². The van der Waals surface area contributed by atoms with Crippen molar-refractivity contribution in [1.82, 2.24) is 9.97 Å². The Morgan fingerprint density at radius 3 is 2.81 bits per heavy atom. The maximum atomic E-state index is 10.9. The first-order valence-corrected chi connectivity index (χ1v) is 5.18. The molecule has 0 saturated heterocycles. The van der Waals surface area contributed by atoms with Crippen LogP contribution >= 0.6 is 0 Å². The first kappa shape index (κ1) is 12.2. The molecular formula is C10H17N5O. The highest BCUT2D eigenvalue weighted by Gasteiger charge is 2.09. The summed E-state index contributed by atoms with van der Waals surface area (Å²) in [4.78, 5) is 19.3. The molecule has 6 nitrogen and oxygen atoms in total. The van der Waals surface area contributed by atoms with Gasteiger partial charge in [0.1, 0.15) is 11.9 Å². The normalized spacial score (nSPS) is 11.9. The molecule has 0 radical (unpaired) electrons. The molecule has 0 aromatic carbocycles. The molecule has 1 rings (SSSR count). The molecule has 1 heterocycles. The monoisotopic (exact) mass is 223 g/mol. The molecule has 1 atom stereocenters. The number of hydrogen-bond donors (Lipinski definition) is 3. The zero-order valence-electron chi connectivity index (χ0n) is 9.74. The Kier molecular flexibility index (Phi) is 4.04. The SMILES string of the molecule is CCNc1nc(C)cc(NC(C)C(N)=O)n1. The summed E-state index contributed by atoms with van der Waals surface area (Å²) in [6.07, 6.45) is 0. The Morgan fingerprint density at radius 1 is 1.56 bits per heavy atom. The fraction of sp³-hybridized carbons (Fsp3) is 0.500. The Bertz CT molecular complexity index is 379. The maximum absolute atomic E-state index is 10.9. The Balaban J connectivity index is 2.83. The molecule has 4 N–H and O–H groups in total. The van der Waals surface area contributed by atoms with E-state index in [0.717, 1.165) is 12.2 Å². The van der Waals surface area contributed by atoms with E-state index in [9.17, 15) is 4.79 Å². The lowest BCUT2D eigenvalue weighted by atomic mass is 10.3. The van der Waals surface area contributed by atoms with Gasteiger partial charge in [0, 0.05) is 18.3 Å². The third-order valence-corrected chi connectivity index (χ3v) is 1.98. The van der Waals surface area contributed by atoms with Gasteiger partial charge in [-0.05, 0) is 20.8 Å². The predicted octanol–water partition coefficient (Wildman–Crippen LogP) is 0.503. The van der Waals surface area contributed by atoms with Crippen molar-refractivity contribution in [2.75, 3.05) is 17.2 Å². The quantitative estimate of drug-likeness (QED) is 0.676. The number of aromatic nitrogens is 2. The van der Waals surface area contributed by atoms with Crippen molar-refractivity contribution < 1.29 is 4.79 Å². The minimum Gasteiger partial charge on any atom is -0.368 e. The van der Waals surface area contributed by atoms with Crippen LogP contribution in [0.4, 0.5) is 11.8 Å². The highest BCUT2D eigenvalue weighted by molar-refractivity contribution is 5.82. The Morgan fingerprint density at radius 2 is 2.25 bits per heavy atom. The summed E-state index contributed by atoms with van der Waals surface area (Å²) in [6.45, 7) is 6.26. The number of rotatable bonds is 5. The van der Waals surface area contributed by atoms with Crippen LogP contribution in [0.5, 0.6) is 0 Å². The topological polar surface area (TPSA) is 92.9 Å². The van der Waals surface area contributed by atoms with Crippen LogP contribution in [0, 0.1) is 6.92 Å². The molecule has 0 saturated carbocycles. The predicted molar refractivity (Wildman–Crippen MR) is 63.2 cm³/mol. The van der Waals surface area contributed by atoms with Gasteiger partial charge in [-0.1, -0.05) is 0 Å². The minimum atomic E-state index is -0.455. The summed E-state index contributed by atoms with van der Waals surface area (Å²) >= 11 is 0. The van der Waals surface area contributed by atoms with Gasteiger partial charge in [0.15, 0.2) is 0 Å². The van der Waals surface area contributed by atoms with Gasteiger partial charge >= 0.3 is 0 Å². The van der Waals surface area contributed by atoms with Gasteiger partial charge in [0.25, 0.3) is 0 Å². The molecule has 88 valence electrons. The van der Waals surface area contributed by atoms with E-state index in [1.807, 2.05) is 13.8 Å². The molecule has 0 spiro atoms. The number of nitrogens with zero attached hydrogens (tertiary/aromatic N) is 2. The summed E-state index contributed by atoms with van der Waals surface area (Å²) in [5, 5.41) is 5.93. The van der Waals surface area contributed by atoms with E-state index in [1.54, 1.807) is 13.0 Å². The molecule has 1 aromatic heterocycles. The molecule has 6 heteroatoms. The second-order valence-electron chi connectivity index (χ2n) is 3.52. The molecular weight excluding hydrogens is 206 g/mol. The lowest BCUT2D eigenvalue weighted by molar-refractivity contribution is -0.118. The largest absolute Gasteiger partial charge is 0.368 e. The first-order valence-electron chi connectivity index (χ1n) is 5.18. The Hall–Kier alpha value is -1.85. The number of anilines is 2. The third-order valence-electron chi connectivity index (χ3n) is 1.98. The summed E-state index contributed by atoms with van der Waals surface area (Å²) in [6, 6.07) is 1.31. The average Bonchev–Trinajstić information content (AvgIpc) is 2.16. The van der Waals surface area contributed by atoms with Crippen molar-refractivity contribution in [2.24, 2.45) is 5.73 Å². The highest BCUT2D eigenvalue weighted by Crippen LogP contribution is 2.10. The van der Waals surface area contributed by atoms with E-state index in [1.165, 1.54) is 0 Å². The molecule has 1 aromatic rings. The number of nitrogens with two attached hydrogens (primary N) is 1. The van der Waals surface area contributed by atoms with Crippen LogP contribution in [-0.4, -0.2) is 28.5 Å². The van der Waals surface area contributed by atoms with Crippen LogP contribution < -0.4 is 16.4 Å². The van der Waals surface area contributed by atoms with Gasteiger partial charge in [-0.2, -0.15) is 4.98 Å². The van der Waals surface area contributed by atoms with E-state index in [2.05, 4.69) is 20.6 Å². The number of aryl methyl sites for hydroxylation is 1. The lowest BCUT2D eigenvalue weighted by Crippen LogP contribution is -2.32. The van der Waals surface area contributed by atoms with Crippen molar-refractivity contribution >= 4 is 17.7 Å². The molecule has 1 unspecified atom stereocenters. The van der Waals surface area contributed by atoms with Gasteiger partial charge in [-0.15, -0.1) is 0 Å². The smallest absolute Gasteiger partial charge is 0.239 e. The number of carbonyl (C=O) groups is 1. The van der Waals surface area contributed by atoms with E-state index in [4.69, 9.17) is 5.73 Å². The molecule has 0 aliphatic rings. The number of primary amides is 1. The zero-order chi connectivity index (χ0) is 12.1. The first-order chi connectivity index (χ1) is 7.52. The maximum Gasteiger partial charge on any atom is 0.239 e. The Labute approximate surface area is 94.7 Å². The summed E-state index contributed by atoms with van der Waals surface area (Å²) in [7, 11) is 0. The number of carbonyl (C=O) groups excluding carboxylic acids is 1. The third kappa shape index (κ3) is 3.38. The minimum absolute atomic E-state index is 0.415. The number of hydrogen-bond acceptors (Lipinski definition) is 5. The van der Waals surface area contributed by atoms with Crippen LogP contribution in [0.15, 0.2) is 6.07 Å². The lowest BCUT2D eigenvalue weighted by Gasteiger charge is -2.12. The molecule has 0 bridgehead atoms. The van der Waals surface area contributed by atoms with E-state index in [0.29, 0.717) is 11.8 Å². The summed E-state index contributed by atoms with van der Waals surface area (Å²) in [5.41, 5.74) is 5.98. The molecule has 16 heavy (non-hydrogen) atoms. The fourth-order valence-corrected chi connectivity index (χ4v) is 1.17. The van der Waals surface area contributed by atoms with Gasteiger partial charge < -0.3 is 16.4 Å². The second-order valence-corrected chi connectivity index (χ2v) is 3.52. The number of nitrogens with one attached hydrogen (secondary N) is 2. The number of amides is 1. The molecule has 0 aliphatic heterocycles. The molecule has 0 fully saturated rings. The van der Waals surface area contributed by atoms with E-state index in [-0.39, 0.29) is 0 Å². The van der Waals surface area contributed by atoms with E-state index < -0.39 is 11.9 Å². The van der Waals surface area contributed by atoms with Gasteiger partial charge in [0.2, 0.25) is 11.9 Å². The fourth-order valence-electron chi connectivity index (χ4n) is 1.17. The average molecular weight is 223 g/mol. The molecule has 0 aliphatic carbocycles. The van der Waals surface area contributed by atoms with Crippen molar-refractivity contribution in [1.29, 1.82) is 0 Å². The van der Waals surface area contributed by atoms with Crippen LogP contribution in [0.25, 0.3) is 0 Å². The van der Waals surface area contributed by atoms with Gasteiger partial charge in [0.05, 0.1) is 0 Å². The zero-order valence-corrected chi connectivity index (χ0v) is 9.74. The summed E-state index contributed by atoms with van der Waals surface area (Å²) < 4.78 is 0. The van der Waals surface area contributed by atoms with Crippen LogP contribution in [0.3, 0.4) is 0 Å². The van der Waals surface area contributed by atoms with Crippen molar-refractivity contribution in [2.45, 2.75) is 26.8 Å². The van der Waals surface area contributed by atoms with Crippen molar-refractivity contribution in [3.63, 3.8) is 0 Å². The van der Waals surface area contributed by atoms with Crippen LogP contribution in [-0.2, 0) is 4.79 Å². The second kappa shape index (κ2) is 5.29. The van der Waals surface area contributed by atoms with Crippen molar-refractivity contribution in [3.8, 4) is 0 Å². The standard InChI is InChI=1S/C10H17N5O/c1-4-12-10-13-6(2)5-8(15-10)14-7(3)9(11)16/h5,7H,4H2,1-3H3,(H2,11,16)(H2,12,13,14,15). The summed E-state index contributed by atoms with van der Waals surface area (Å²) in [5.74, 6) is 0.720. The highest BCUT2D eigenvalue weighted by atomic mass is 16.1. The van der Waals surface area contributed by atoms with E-state index >= 15 is 0 Å².